The van der Waals surface area contributed by atoms with Gasteiger partial charge in [0.2, 0.25) is 10.0 Å². The Kier molecular flexibility index (Phi) is 6.04. The van der Waals surface area contributed by atoms with Crippen LogP contribution in [0.2, 0.25) is 5.02 Å². The molecule has 0 bridgehead atoms. The van der Waals surface area contributed by atoms with Crippen molar-refractivity contribution in [3.8, 4) is 5.75 Å². The van der Waals surface area contributed by atoms with Crippen LogP contribution >= 0.6 is 11.6 Å². The SMILES string of the molecule is COc1ccc(S(=O)(=O)NCCCc2ccc(Cl)cc2)cc1C. The largest absolute Gasteiger partial charge is 0.496 e. The Labute approximate surface area is 142 Å². The number of benzene rings is 2. The van der Waals surface area contributed by atoms with Gasteiger partial charge < -0.3 is 4.74 Å². The molecular weight excluding hydrogens is 334 g/mol. The van der Waals surface area contributed by atoms with Crippen LogP contribution in [0.4, 0.5) is 0 Å². The predicted octanol–water partition coefficient (Wildman–Crippen LogP) is 3.57. The second kappa shape index (κ2) is 7.81. The zero-order chi connectivity index (χ0) is 16.9. The molecule has 0 aliphatic rings. The molecule has 2 aromatic carbocycles. The van der Waals surface area contributed by atoms with Crippen LogP contribution in [0.15, 0.2) is 47.4 Å². The summed E-state index contributed by atoms with van der Waals surface area (Å²) < 4.78 is 32.3. The molecule has 0 atom stereocenters. The van der Waals surface area contributed by atoms with E-state index in [1.54, 1.807) is 25.3 Å². The summed E-state index contributed by atoms with van der Waals surface area (Å²) in [5, 5.41) is 0.698. The summed E-state index contributed by atoms with van der Waals surface area (Å²) in [5.74, 6) is 0.673. The van der Waals surface area contributed by atoms with Crippen LogP contribution in [0.1, 0.15) is 17.5 Å². The second-order valence-electron chi connectivity index (χ2n) is 5.26. The van der Waals surface area contributed by atoms with Crippen molar-refractivity contribution < 1.29 is 13.2 Å². The fraction of sp³-hybridized carbons (Fsp3) is 0.294. The topological polar surface area (TPSA) is 55.4 Å². The van der Waals surface area contributed by atoms with E-state index < -0.39 is 10.0 Å². The quantitative estimate of drug-likeness (QED) is 0.774. The minimum absolute atomic E-state index is 0.252. The van der Waals surface area contributed by atoms with Crippen LogP contribution in [0, 0.1) is 6.92 Å². The minimum atomic E-state index is -3.50. The van der Waals surface area contributed by atoms with Crippen molar-refractivity contribution >= 4 is 21.6 Å². The van der Waals surface area contributed by atoms with Crippen molar-refractivity contribution in [3.63, 3.8) is 0 Å². The van der Waals surface area contributed by atoms with E-state index in [9.17, 15) is 8.42 Å². The Hall–Kier alpha value is -1.56. The van der Waals surface area contributed by atoms with E-state index >= 15 is 0 Å². The number of hydrogen-bond donors (Lipinski definition) is 1. The minimum Gasteiger partial charge on any atom is -0.496 e. The molecule has 4 nitrogen and oxygen atoms in total. The third-order valence-corrected chi connectivity index (χ3v) is 5.23. The maximum Gasteiger partial charge on any atom is 0.240 e. The fourth-order valence-corrected chi connectivity index (χ4v) is 3.54. The molecule has 0 aromatic heterocycles. The molecule has 0 saturated heterocycles. The lowest BCUT2D eigenvalue weighted by Gasteiger charge is -2.10. The molecule has 0 heterocycles. The first-order valence-corrected chi connectivity index (χ1v) is 9.17. The molecule has 0 saturated carbocycles. The number of nitrogens with one attached hydrogen (secondary N) is 1. The summed E-state index contributed by atoms with van der Waals surface area (Å²) in [7, 11) is -1.93. The van der Waals surface area contributed by atoms with Crippen LogP contribution in [0.3, 0.4) is 0 Å². The zero-order valence-electron chi connectivity index (χ0n) is 13.2. The van der Waals surface area contributed by atoms with Crippen molar-refractivity contribution in [2.75, 3.05) is 13.7 Å². The van der Waals surface area contributed by atoms with Gasteiger partial charge in [-0.3, -0.25) is 0 Å². The van der Waals surface area contributed by atoms with E-state index in [4.69, 9.17) is 16.3 Å². The maximum atomic E-state index is 12.3. The van der Waals surface area contributed by atoms with Gasteiger partial charge in [-0.05, 0) is 61.2 Å². The van der Waals surface area contributed by atoms with Gasteiger partial charge in [-0.2, -0.15) is 0 Å². The van der Waals surface area contributed by atoms with Gasteiger partial charge in [0.25, 0.3) is 0 Å². The van der Waals surface area contributed by atoms with Crippen LogP contribution < -0.4 is 9.46 Å². The monoisotopic (exact) mass is 353 g/mol. The van der Waals surface area contributed by atoms with Crippen LogP contribution in [0.5, 0.6) is 5.75 Å². The third-order valence-electron chi connectivity index (χ3n) is 3.52. The van der Waals surface area contributed by atoms with E-state index in [1.165, 1.54) is 0 Å². The van der Waals surface area contributed by atoms with Gasteiger partial charge in [-0.1, -0.05) is 23.7 Å². The zero-order valence-corrected chi connectivity index (χ0v) is 14.7. The molecule has 124 valence electrons. The van der Waals surface area contributed by atoms with Crippen LogP contribution in [-0.2, 0) is 16.4 Å². The molecule has 0 amide bonds. The first-order chi connectivity index (χ1) is 10.9. The van der Waals surface area contributed by atoms with E-state index in [0.717, 1.165) is 24.0 Å². The fourth-order valence-electron chi connectivity index (χ4n) is 2.25. The average Bonchev–Trinajstić information content (AvgIpc) is 2.53. The number of methoxy groups -OCH3 is 1. The van der Waals surface area contributed by atoms with Gasteiger partial charge in [0, 0.05) is 11.6 Å². The summed E-state index contributed by atoms with van der Waals surface area (Å²) in [6.07, 6.45) is 1.51. The van der Waals surface area contributed by atoms with Gasteiger partial charge in [-0.15, -0.1) is 0 Å². The Morgan fingerprint density at radius 1 is 1.13 bits per heavy atom. The van der Waals surface area contributed by atoms with E-state index in [1.807, 2.05) is 31.2 Å². The number of rotatable bonds is 7. The second-order valence-corrected chi connectivity index (χ2v) is 7.46. The van der Waals surface area contributed by atoms with Crippen LogP contribution in [-0.4, -0.2) is 22.1 Å². The Morgan fingerprint density at radius 3 is 2.43 bits per heavy atom. The van der Waals surface area contributed by atoms with E-state index in [-0.39, 0.29) is 4.90 Å². The van der Waals surface area contributed by atoms with Gasteiger partial charge in [0.1, 0.15) is 5.75 Å². The molecule has 0 unspecified atom stereocenters. The highest BCUT2D eigenvalue weighted by atomic mass is 35.5. The molecule has 0 aliphatic carbocycles. The standard InChI is InChI=1S/C17H20ClNO3S/c1-13-12-16(9-10-17(13)22-2)23(20,21)19-11-3-4-14-5-7-15(18)8-6-14/h5-10,12,19H,3-4,11H2,1-2H3. The molecule has 0 fully saturated rings. The number of ether oxygens (including phenoxy) is 1. The number of aryl methyl sites for hydroxylation is 2. The molecule has 23 heavy (non-hydrogen) atoms. The first-order valence-electron chi connectivity index (χ1n) is 7.31. The van der Waals surface area contributed by atoms with Gasteiger partial charge in [0.05, 0.1) is 12.0 Å². The lowest BCUT2D eigenvalue weighted by molar-refractivity contribution is 0.411. The Bertz CT molecular complexity index is 758. The lowest BCUT2D eigenvalue weighted by atomic mass is 10.1. The van der Waals surface area contributed by atoms with E-state index in [2.05, 4.69) is 4.72 Å². The lowest BCUT2D eigenvalue weighted by Crippen LogP contribution is -2.25. The molecular formula is C17H20ClNO3S. The molecule has 0 aliphatic heterocycles. The van der Waals surface area contributed by atoms with Crippen molar-refractivity contribution in [3.05, 3.63) is 58.6 Å². The molecule has 2 rings (SSSR count). The highest BCUT2D eigenvalue weighted by molar-refractivity contribution is 7.89. The summed E-state index contributed by atoms with van der Waals surface area (Å²) in [6, 6.07) is 12.4. The van der Waals surface area contributed by atoms with Crippen molar-refractivity contribution in [2.24, 2.45) is 0 Å². The normalized spacial score (nSPS) is 11.4. The smallest absolute Gasteiger partial charge is 0.240 e. The Morgan fingerprint density at radius 2 is 1.83 bits per heavy atom. The third kappa shape index (κ3) is 4.96. The van der Waals surface area contributed by atoms with Crippen LogP contribution in [0.25, 0.3) is 0 Å². The molecule has 2 aromatic rings. The number of hydrogen-bond acceptors (Lipinski definition) is 3. The summed E-state index contributed by atoms with van der Waals surface area (Å²) in [6.45, 7) is 2.20. The summed E-state index contributed by atoms with van der Waals surface area (Å²) in [5.41, 5.74) is 1.92. The predicted molar refractivity (Wildman–Crippen MR) is 92.7 cm³/mol. The van der Waals surface area contributed by atoms with E-state index in [0.29, 0.717) is 17.3 Å². The first kappa shape index (κ1) is 17.8. The van der Waals surface area contributed by atoms with Gasteiger partial charge in [0.15, 0.2) is 0 Å². The number of sulfonamides is 1. The van der Waals surface area contributed by atoms with Crippen molar-refractivity contribution in [1.29, 1.82) is 0 Å². The Balaban J connectivity index is 1.91. The maximum absolute atomic E-state index is 12.3. The van der Waals surface area contributed by atoms with Crippen molar-refractivity contribution in [2.45, 2.75) is 24.7 Å². The van der Waals surface area contributed by atoms with Crippen molar-refractivity contribution in [1.82, 2.24) is 4.72 Å². The summed E-state index contributed by atoms with van der Waals surface area (Å²) in [4.78, 5) is 0.252. The molecule has 0 spiro atoms. The summed E-state index contributed by atoms with van der Waals surface area (Å²) >= 11 is 5.83. The van der Waals surface area contributed by atoms with Gasteiger partial charge in [-0.25, -0.2) is 13.1 Å². The molecule has 6 heteroatoms. The average molecular weight is 354 g/mol. The van der Waals surface area contributed by atoms with Gasteiger partial charge >= 0.3 is 0 Å². The highest BCUT2D eigenvalue weighted by Crippen LogP contribution is 2.21. The molecule has 0 radical (unpaired) electrons. The molecule has 1 N–H and O–H groups in total. The number of halogens is 1. The highest BCUT2D eigenvalue weighted by Gasteiger charge is 2.14.